The first-order valence-corrected chi connectivity index (χ1v) is 4.93. The fourth-order valence-corrected chi connectivity index (χ4v) is 1.44. The predicted molar refractivity (Wildman–Crippen MR) is 48.9 cm³/mol. The molecule has 1 fully saturated rings. The topological polar surface area (TPSA) is 38.0 Å². The van der Waals surface area contributed by atoms with E-state index in [-0.39, 0.29) is 18.8 Å². The highest BCUT2D eigenvalue weighted by atomic mass is 19.4. The molecule has 0 aromatic carbocycles. The van der Waals surface area contributed by atoms with Gasteiger partial charge < -0.3 is 11.1 Å². The van der Waals surface area contributed by atoms with E-state index >= 15 is 0 Å². The molecule has 1 unspecified atom stereocenters. The lowest BCUT2D eigenvalue weighted by Gasteiger charge is -2.22. The van der Waals surface area contributed by atoms with Gasteiger partial charge in [0.05, 0.1) is 0 Å². The lowest BCUT2D eigenvalue weighted by molar-refractivity contribution is -0.166. The van der Waals surface area contributed by atoms with Crippen LogP contribution in [0, 0.1) is 5.92 Å². The summed E-state index contributed by atoms with van der Waals surface area (Å²) < 4.78 is 37.3. The molecule has 1 aliphatic rings. The Morgan fingerprint density at radius 3 is 2.36 bits per heavy atom. The Hall–Kier alpha value is -0.290. The molecular formula is C9H17F3N2. The molecule has 0 spiro atoms. The Kier molecular flexibility index (Phi) is 3.42. The van der Waals surface area contributed by atoms with E-state index in [4.69, 9.17) is 5.73 Å². The van der Waals surface area contributed by atoms with Gasteiger partial charge in [0.15, 0.2) is 0 Å². The Bertz CT molecular complexity index is 187. The van der Waals surface area contributed by atoms with E-state index in [1.54, 1.807) is 0 Å². The smallest absolute Gasteiger partial charge is 0.330 e. The minimum Gasteiger partial charge on any atom is -0.330 e. The zero-order chi connectivity index (χ0) is 10.8. The van der Waals surface area contributed by atoms with Gasteiger partial charge in [0, 0.05) is 0 Å². The summed E-state index contributed by atoms with van der Waals surface area (Å²) in [5.41, 5.74) is 3.75. The molecule has 0 aliphatic heterocycles. The van der Waals surface area contributed by atoms with Gasteiger partial charge >= 0.3 is 6.18 Å². The largest absolute Gasteiger partial charge is 0.406 e. The van der Waals surface area contributed by atoms with Crippen LogP contribution in [0.4, 0.5) is 13.2 Å². The van der Waals surface area contributed by atoms with Crippen LogP contribution in [0.3, 0.4) is 0 Å². The van der Waals surface area contributed by atoms with Crippen LogP contribution in [0.5, 0.6) is 0 Å². The maximum atomic E-state index is 12.4. The second-order valence-corrected chi connectivity index (χ2v) is 4.14. The van der Waals surface area contributed by atoms with E-state index in [9.17, 15) is 13.2 Å². The number of halogens is 3. The van der Waals surface area contributed by atoms with E-state index in [1.165, 1.54) is 0 Å². The minimum atomic E-state index is -4.10. The molecule has 5 heteroatoms. The van der Waals surface area contributed by atoms with Crippen molar-refractivity contribution in [1.29, 1.82) is 0 Å². The summed E-state index contributed by atoms with van der Waals surface area (Å²) in [7, 11) is 0. The Labute approximate surface area is 82.0 Å². The summed E-state index contributed by atoms with van der Waals surface area (Å²) in [6.45, 7) is 2.84. The highest BCUT2D eigenvalue weighted by molar-refractivity contribution is 5.07. The summed E-state index contributed by atoms with van der Waals surface area (Å²) in [4.78, 5) is 0. The fraction of sp³-hybridized carbons (Fsp3) is 1.00. The van der Waals surface area contributed by atoms with Gasteiger partial charge in [-0.2, -0.15) is 13.2 Å². The van der Waals surface area contributed by atoms with Gasteiger partial charge in [0.1, 0.15) is 5.54 Å². The Balaban J connectivity index is 2.31. The molecule has 1 aliphatic carbocycles. The summed E-state index contributed by atoms with van der Waals surface area (Å²) in [6.07, 6.45) is -2.91. The molecule has 14 heavy (non-hydrogen) atoms. The van der Waals surface area contributed by atoms with Crippen LogP contribution < -0.4 is 11.1 Å². The number of rotatable bonds is 5. The van der Waals surface area contributed by atoms with Crippen molar-refractivity contribution in [2.75, 3.05) is 13.1 Å². The third-order valence-electron chi connectivity index (χ3n) is 2.74. The number of hydrogen-bond donors (Lipinski definition) is 2. The van der Waals surface area contributed by atoms with E-state index in [1.807, 2.05) is 6.92 Å². The van der Waals surface area contributed by atoms with Crippen molar-refractivity contribution >= 4 is 0 Å². The maximum absolute atomic E-state index is 12.4. The van der Waals surface area contributed by atoms with E-state index < -0.39 is 11.7 Å². The van der Waals surface area contributed by atoms with Gasteiger partial charge in [0.25, 0.3) is 0 Å². The van der Waals surface area contributed by atoms with Crippen LogP contribution in [0.2, 0.25) is 0 Å². The predicted octanol–water partition coefficient (Wildman–Crippen LogP) is 1.66. The van der Waals surface area contributed by atoms with E-state index in [0.29, 0.717) is 13.1 Å². The van der Waals surface area contributed by atoms with Gasteiger partial charge in [-0.05, 0) is 38.3 Å². The molecule has 0 saturated heterocycles. The molecule has 2 nitrogen and oxygen atoms in total. The van der Waals surface area contributed by atoms with Crippen molar-refractivity contribution < 1.29 is 13.2 Å². The zero-order valence-corrected chi connectivity index (χ0v) is 8.32. The van der Waals surface area contributed by atoms with E-state index in [2.05, 4.69) is 5.32 Å². The number of nitrogens with two attached hydrogens (primary N) is 1. The quantitative estimate of drug-likeness (QED) is 0.724. The molecule has 84 valence electrons. The summed E-state index contributed by atoms with van der Waals surface area (Å²) in [6, 6.07) is 0. The standard InChI is InChI=1S/C9H17F3N2/c1-7(2-5-13)6-14-8(3-4-8)9(10,11)12/h7,14H,2-6,13H2,1H3. The molecular weight excluding hydrogens is 193 g/mol. The van der Waals surface area contributed by atoms with Crippen LogP contribution in [0.1, 0.15) is 26.2 Å². The summed E-state index contributed by atoms with van der Waals surface area (Å²) >= 11 is 0. The van der Waals surface area contributed by atoms with Gasteiger partial charge in [-0.3, -0.25) is 0 Å². The van der Waals surface area contributed by atoms with Crippen molar-refractivity contribution in [2.45, 2.75) is 37.9 Å². The first kappa shape index (κ1) is 11.8. The number of nitrogens with one attached hydrogen (secondary N) is 1. The van der Waals surface area contributed by atoms with Crippen molar-refractivity contribution in [2.24, 2.45) is 11.7 Å². The molecule has 0 heterocycles. The highest BCUT2D eigenvalue weighted by Crippen LogP contribution is 2.48. The van der Waals surface area contributed by atoms with Crippen LogP contribution in [0.25, 0.3) is 0 Å². The van der Waals surface area contributed by atoms with Crippen LogP contribution in [-0.4, -0.2) is 24.8 Å². The average molecular weight is 210 g/mol. The van der Waals surface area contributed by atoms with Crippen LogP contribution >= 0.6 is 0 Å². The average Bonchev–Trinajstić information content (AvgIpc) is 2.80. The van der Waals surface area contributed by atoms with Gasteiger partial charge in [-0.15, -0.1) is 0 Å². The minimum absolute atomic E-state index is 0.208. The first-order chi connectivity index (χ1) is 6.41. The molecule has 0 aromatic rings. The monoisotopic (exact) mass is 210 g/mol. The lowest BCUT2D eigenvalue weighted by Crippen LogP contribution is -2.46. The maximum Gasteiger partial charge on any atom is 0.406 e. The fourth-order valence-electron chi connectivity index (χ4n) is 1.44. The van der Waals surface area contributed by atoms with Crippen molar-refractivity contribution in [3.8, 4) is 0 Å². The number of hydrogen-bond acceptors (Lipinski definition) is 2. The molecule has 0 bridgehead atoms. The Morgan fingerprint density at radius 2 is 2.00 bits per heavy atom. The second kappa shape index (κ2) is 4.06. The normalized spacial score (nSPS) is 22.1. The summed E-state index contributed by atoms with van der Waals surface area (Å²) in [5.74, 6) is 0.208. The zero-order valence-electron chi connectivity index (χ0n) is 8.32. The first-order valence-electron chi connectivity index (χ1n) is 4.93. The Morgan fingerprint density at radius 1 is 1.43 bits per heavy atom. The molecule has 1 atom stereocenters. The third kappa shape index (κ3) is 2.60. The molecule has 1 rings (SSSR count). The summed E-state index contributed by atoms with van der Waals surface area (Å²) in [5, 5.41) is 2.61. The molecule has 3 N–H and O–H groups in total. The molecule has 0 aromatic heterocycles. The van der Waals surface area contributed by atoms with Gasteiger partial charge in [0.2, 0.25) is 0 Å². The molecule has 1 saturated carbocycles. The highest BCUT2D eigenvalue weighted by Gasteiger charge is 2.62. The van der Waals surface area contributed by atoms with Crippen molar-refractivity contribution in [3.05, 3.63) is 0 Å². The van der Waals surface area contributed by atoms with E-state index in [0.717, 1.165) is 6.42 Å². The second-order valence-electron chi connectivity index (χ2n) is 4.14. The number of alkyl halides is 3. The SMILES string of the molecule is CC(CCN)CNC1(C(F)(F)F)CC1. The van der Waals surface area contributed by atoms with Crippen LogP contribution in [-0.2, 0) is 0 Å². The van der Waals surface area contributed by atoms with Crippen LogP contribution in [0.15, 0.2) is 0 Å². The van der Waals surface area contributed by atoms with Gasteiger partial charge in [-0.1, -0.05) is 6.92 Å². The van der Waals surface area contributed by atoms with Gasteiger partial charge in [-0.25, -0.2) is 0 Å². The molecule has 0 amide bonds. The molecule has 0 radical (unpaired) electrons. The van der Waals surface area contributed by atoms with Crippen molar-refractivity contribution in [3.63, 3.8) is 0 Å². The van der Waals surface area contributed by atoms with Crippen molar-refractivity contribution in [1.82, 2.24) is 5.32 Å². The lowest BCUT2D eigenvalue weighted by atomic mass is 10.1. The third-order valence-corrected chi connectivity index (χ3v) is 2.74.